The number of nitrogens with one attached hydrogen (secondary N) is 1. The van der Waals surface area contributed by atoms with Crippen LogP contribution in [-0.4, -0.2) is 24.7 Å². The van der Waals surface area contributed by atoms with E-state index in [-0.39, 0.29) is 11.9 Å². The van der Waals surface area contributed by atoms with Gasteiger partial charge in [0.05, 0.1) is 6.04 Å². The average molecular weight is 377 g/mol. The minimum absolute atomic E-state index is 0.122. The molecule has 0 spiro atoms. The molecule has 0 unspecified atom stereocenters. The van der Waals surface area contributed by atoms with Gasteiger partial charge in [0.2, 0.25) is 0 Å². The van der Waals surface area contributed by atoms with Crippen molar-refractivity contribution >= 4 is 16.7 Å². The quantitative estimate of drug-likeness (QED) is 0.608. The van der Waals surface area contributed by atoms with E-state index in [1.54, 1.807) is 0 Å². The van der Waals surface area contributed by atoms with Gasteiger partial charge in [0.15, 0.2) is 6.10 Å². The highest BCUT2D eigenvalue weighted by Gasteiger charge is 2.20. The van der Waals surface area contributed by atoms with Crippen molar-refractivity contribution in [1.29, 1.82) is 0 Å². The third-order valence-corrected chi connectivity index (χ3v) is 4.57. The highest BCUT2D eigenvalue weighted by molar-refractivity contribution is 5.84. The van der Waals surface area contributed by atoms with E-state index in [2.05, 4.69) is 11.4 Å². The van der Waals surface area contributed by atoms with Gasteiger partial charge >= 0.3 is 0 Å². The van der Waals surface area contributed by atoms with Crippen molar-refractivity contribution in [2.45, 2.75) is 39.3 Å². The van der Waals surface area contributed by atoms with Crippen molar-refractivity contribution in [3.05, 3.63) is 72.3 Å². The molecule has 28 heavy (non-hydrogen) atoms. The molecule has 2 atom stereocenters. The summed E-state index contributed by atoms with van der Waals surface area (Å²) in [6.45, 7) is 6.31. The Morgan fingerprint density at radius 3 is 2.36 bits per heavy atom. The maximum Gasteiger partial charge on any atom is 0.261 e. The predicted octanol–water partition coefficient (Wildman–Crippen LogP) is 4.89. The Kier molecular flexibility index (Phi) is 6.53. The van der Waals surface area contributed by atoms with E-state index in [9.17, 15) is 4.79 Å². The predicted molar refractivity (Wildman–Crippen MR) is 113 cm³/mol. The Balaban J connectivity index is 1.55. The second-order valence-corrected chi connectivity index (χ2v) is 7.06. The van der Waals surface area contributed by atoms with Gasteiger partial charge in [-0.15, -0.1) is 0 Å². The zero-order chi connectivity index (χ0) is 19.9. The zero-order valence-electron chi connectivity index (χ0n) is 16.6. The van der Waals surface area contributed by atoms with E-state index < -0.39 is 6.10 Å². The molecular formula is C24H27NO3. The first-order valence-electron chi connectivity index (χ1n) is 9.70. The summed E-state index contributed by atoms with van der Waals surface area (Å²) in [6, 6.07) is 21.7. The SMILES string of the molecule is CC[C@@H](Oc1ccc2ccccc2c1)C(=O)N[C@@H](C)COc1ccc(C)cc1. The van der Waals surface area contributed by atoms with Gasteiger partial charge < -0.3 is 14.8 Å². The number of rotatable bonds is 8. The van der Waals surface area contributed by atoms with Gasteiger partial charge in [0.1, 0.15) is 18.1 Å². The molecule has 0 saturated heterocycles. The van der Waals surface area contributed by atoms with Gasteiger partial charge in [-0.1, -0.05) is 55.0 Å². The Morgan fingerprint density at radius 2 is 1.64 bits per heavy atom. The molecule has 4 heteroatoms. The van der Waals surface area contributed by atoms with Gasteiger partial charge in [-0.05, 0) is 55.3 Å². The zero-order valence-corrected chi connectivity index (χ0v) is 16.6. The molecular weight excluding hydrogens is 350 g/mol. The number of ether oxygens (including phenoxy) is 2. The number of hydrogen-bond acceptors (Lipinski definition) is 3. The Morgan fingerprint density at radius 1 is 0.964 bits per heavy atom. The maximum atomic E-state index is 12.6. The normalized spacial score (nSPS) is 13.0. The van der Waals surface area contributed by atoms with Crippen LogP contribution in [0.4, 0.5) is 0 Å². The summed E-state index contributed by atoms with van der Waals surface area (Å²) in [5.74, 6) is 1.37. The van der Waals surface area contributed by atoms with Gasteiger partial charge in [-0.25, -0.2) is 0 Å². The Hall–Kier alpha value is -3.01. The summed E-state index contributed by atoms with van der Waals surface area (Å²) < 4.78 is 11.7. The van der Waals surface area contributed by atoms with Gasteiger partial charge in [0, 0.05) is 0 Å². The lowest BCUT2D eigenvalue weighted by molar-refractivity contribution is -0.128. The highest BCUT2D eigenvalue weighted by Crippen LogP contribution is 2.22. The fourth-order valence-electron chi connectivity index (χ4n) is 2.96. The molecule has 3 rings (SSSR count). The number of carbonyl (C=O) groups excluding carboxylic acids is 1. The fraction of sp³-hybridized carbons (Fsp3) is 0.292. The van der Waals surface area contributed by atoms with Crippen LogP contribution < -0.4 is 14.8 Å². The molecule has 146 valence electrons. The first kappa shape index (κ1) is 19.7. The van der Waals surface area contributed by atoms with Crippen LogP contribution in [0.5, 0.6) is 11.5 Å². The van der Waals surface area contributed by atoms with Crippen molar-refractivity contribution in [3.8, 4) is 11.5 Å². The van der Waals surface area contributed by atoms with Crippen molar-refractivity contribution in [2.75, 3.05) is 6.61 Å². The Bertz CT molecular complexity index is 921. The van der Waals surface area contributed by atoms with Gasteiger partial charge in [0.25, 0.3) is 5.91 Å². The lowest BCUT2D eigenvalue weighted by Crippen LogP contribution is -2.44. The van der Waals surface area contributed by atoms with Crippen LogP contribution in [0.3, 0.4) is 0 Å². The Labute approximate surface area is 166 Å². The van der Waals surface area contributed by atoms with E-state index in [1.807, 2.05) is 81.4 Å². The topological polar surface area (TPSA) is 47.6 Å². The van der Waals surface area contributed by atoms with Crippen LogP contribution in [0, 0.1) is 6.92 Å². The minimum atomic E-state index is -0.539. The third kappa shape index (κ3) is 5.26. The summed E-state index contributed by atoms with van der Waals surface area (Å²) in [4.78, 5) is 12.6. The van der Waals surface area contributed by atoms with Crippen molar-refractivity contribution < 1.29 is 14.3 Å². The number of aryl methyl sites for hydroxylation is 1. The largest absolute Gasteiger partial charge is 0.491 e. The molecule has 1 N–H and O–H groups in total. The second kappa shape index (κ2) is 9.27. The van der Waals surface area contributed by atoms with Gasteiger partial charge in [-0.2, -0.15) is 0 Å². The number of hydrogen-bond donors (Lipinski definition) is 1. The van der Waals surface area contributed by atoms with Crippen LogP contribution in [0.25, 0.3) is 10.8 Å². The number of carbonyl (C=O) groups is 1. The van der Waals surface area contributed by atoms with E-state index in [1.165, 1.54) is 5.56 Å². The molecule has 4 nitrogen and oxygen atoms in total. The summed E-state index contributed by atoms with van der Waals surface area (Å²) in [7, 11) is 0. The molecule has 1 amide bonds. The fourth-order valence-corrected chi connectivity index (χ4v) is 2.96. The van der Waals surface area contributed by atoms with E-state index in [4.69, 9.17) is 9.47 Å². The summed E-state index contributed by atoms with van der Waals surface area (Å²) in [5.41, 5.74) is 1.19. The van der Waals surface area contributed by atoms with Gasteiger partial charge in [-0.3, -0.25) is 4.79 Å². The molecule has 3 aromatic carbocycles. The van der Waals surface area contributed by atoms with E-state index in [0.717, 1.165) is 16.5 Å². The maximum absolute atomic E-state index is 12.6. The molecule has 0 aliphatic rings. The first-order chi connectivity index (χ1) is 13.5. The molecule has 3 aromatic rings. The number of benzene rings is 3. The standard InChI is InChI=1S/C24H27NO3/c1-4-23(28-22-14-11-19-7-5-6-8-20(19)15-22)24(26)25-18(3)16-27-21-12-9-17(2)10-13-21/h5-15,18,23H,4,16H2,1-3H3,(H,25,26)/t18-,23+/m0/s1. The molecule has 0 saturated carbocycles. The van der Waals surface area contributed by atoms with Crippen LogP contribution >= 0.6 is 0 Å². The molecule has 0 heterocycles. The smallest absolute Gasteiger partial charge is 0.261 e. The average Bonchev–Trinajstić information content (AvgIpc) is 2.71. The van der Waals surface area contributed by atoms with Crippen LogP contribution in [0.15, 0.2) is 66.7 Å². The highest BCUT2D eigenvalue weighted by atomic mass is 16.5. The molecule has 0 fully saturated rings. The second-order valence-electron chi connectivity index (χ2n) is 7.06. The lowest BCUT2D eigenvalue weighted by atomic mass is 10.1. The van der Waals surface area contributed by atoms with Crippen molar-refractivity contribution in [2.24, 2.45) is 0 Å². The van der Waals surface area contributed by atoms with Crippen molar-refractivity contribution in [1.82, 2.24) is 5.32 Å². The lowest BCUT2D eigenvalue weighted by Gasteiger charge is -2.21. The molecule has 0 bridgehead atoms. The number of fused-ring (bicyclic) bond motifs is 1. The minimum Gasteiger partial charge on any atom is -0.491 e. The molecule has 0 aliphatic carbocycles. The monoisotopic (exact) mass is 377 g/mol. The third-order valence-electron chi connectivity index (χ3n) is 4.57. The molecule has 0 aromatic heterocycles. The van der Waals surface area contributed by atoms with Crippen LogP contribution in [-0.2, 0) is 4.79 Å². The first-order valence-corrected chi connectivity index (χ1v) is 9.70. The van der Waals surface area contributed by atoms with Crippen LogP contribution in [0.2, 0.25) is 0 Å². The molecule has 0 aliphatic heterocycles. The van der Waals surface area contributed by atoms with Crippen molar-refractivity contribution in [3.63, 3.8) is 0 Å². The summed E-state index contributed by atoms with van der Waals surface area (Å²) in [5, 5.41) is 5.22. The summed E-state index contributed by atoms with van der Waals surface area (Å²) in [6.07, 6.45) is 0.0486. The summed E-state index contributed by atoms with van der Waals surface area (Å²) >= 11 is 0. The van der Waals surface area contributed by atoms with Crippen LogP contribution in [0.1, 0.15) is 25.8 Å². The van der Waals surface area contributed by atoms with E-state index in [0.29, 0.717) is 18.8 Å². The molecule has 0 radical (unpaired) electrons. The number of amides is 1. The van der Waals surface area contributed by atoms with E-state index >= 15 is 0 Å².